The Labute approximate surface area is 211 Å². The number of cyclic esters (lactones) is 4. The third-order valence-corrected chi connectivity index (χ3v) is 9.30. The number of rotatable bonds is 6. The molecule has 37 heavy (non-hydrogen) atoms. The van der Waals surface area contributed by atoms with Crippen molar-refractivity contribution in [2.24, 2.45) is 0 Å². The number of benzene rings is 4. The SMILES string of the molecule is O=C1OC(=O)c2cc(O[Si](Oc3ccc4c(c3)C(=O)OC4=O)(c3ccccc3)c3ccccc3)ccc21. The van der Waals surface area contributed by atoms with Gasteiger partial charge in [-0.3, -0.25) is 0 Å². The second kappa shape index (κ2) is 8.57. The van der Waals surface area contributed by atoms with E-state index in [2.05, 4.69) is 0 Å². The number of carbonyl (C=O) groups is 4. The fraction of sp³-hybridized carbons (Fsp3) is 0. The number of esters is 4. The van der Waals surface area contributed by atoms with Gasteiger partial charge in [0.2, 0.25) is 0 Å². The van der Waals surface area contributed by atoms with Crippen LogP contribution in [0.1, 0.15) is 41.4 Å². The first-order valence-electron chi connectivity index (χ1n) is 11.2. The maximum absolute atomic E-state index is 12.2. The van der Waals surface area contributed by atoms with E-state index >= 15 is 0 Å². The average Bonchev–Trinajstić information content (AvgIpc) is 3.37. The van der Waals surface area contributed by atoms with E-state index in [1.807, 2.05) is 60.7 Å². The van der Waals surface area contributed by atoms with Gasteiger partial charge in [0.1, 0.15) is 11.5 Å². The van der Waals surface area contributed by atoms with Gasteiger partial charge in [-0.15, -0.1) is 0 Å². The predicted molar refractivity (Wildman–Crippen MR) is 132 cm³/mol. The summed E-state index contributed by atoms with van der Waals surface area (Å²) in [5, 5.41) is 1.47. The minimum absolute atomic E-state index is 0.102. The van der Waals surface area contributed by atoms with Crippen LogP contribution in [0.25, 0.3) is 0 Å². The number of hydrogen-bond donors (Lipinski definition) is 0. The standard InChI is InChI=1S/C28H16O8Si/c29-25-21-13-11-17(15-23(21)27(31)33-25)35-37(19-7-3-1-4-8-19,20-9-5-2-6-10-20)36-18-12-14-22-24(16-18)28(32)34-26(22)30/h1-16H. The summed E-state index contributed by atoms with van der Waals surface area (Å²) >= 11 is 0. The number of carbonyl (C=O) groups excluding carboxylic acids is 4. The summed E-state index contributed by atoms with van der Waals surface area (Å²) in [7, 11) is -3.65. The maximum atomic E-state index is 12.2. The Bertz CT molecular complexity index is 1480. The largest absolute Gasteiger partial charge is 0.531 e. The van der Waals surface area contributed by atoms with E-state index in [0.717, 1.165) is 10.4 Å². The Morgan fingerprint density at radius 1 is 0.459 bits per heavy atom. The topological polar surface area (TPSA) is 105 Å². The monoisotopic (exact) mass is 508 g/mol. The van der Waals surface area contributed by atoms with E-state index in [-0.39, 0.29) is 22.3 Å². The molecule has 0 aliphatic carbocycles. The fourth-order valence-corrected chi connectivity index (χ4v) is 7.35. The lowest BCUT2D eigenvalue weighted by atomic mass is 10.1. The van der Waals surface area contributed by atoms with Crippen LogP contribution < -0.4 is 19.2 Å². The summed E-state index contributed by atoms with van der Waals surface area (Å²) in [6.45, 7) is 0. The van der Waals surface area contributed by atoms with E-state index in [0.29, 0.717) is 11.5 Å². The van der Waals surface area contributed by atoms with Gasteiger partial charge in [0, 0.05) is 10.4 Å². The molecule has 180 valence electrons. The molecule has 9 heteroatoms. The van der Waals surface area contributed by atoms with Crippen molar-refractivity contribution < 1.29 is 37.5 Å². The fourth-order valence-electron chi connectivity index (χ4n) is 4.33. The highest BCUT2D eigenvalue weighted by atomic mass is 28.4. The van der Waals surface area contributed by atoms with Crippen LogP contribution in [0.4, 0.5) is 0 Å². The third kappa shape index (κ3) is 3.78. The van der Waals surface area contributed by atoms with Crippen molar-refractivity contribution in [3.05, 3.63) is 119 Å². The summed E-state index contributed by atoms with van der Waals surface area (Å²) < 4.78 is 22.8. The van der Waals surface area contributed by atoms with Crippen molar-refractivity contribution in [3.8, 4) is 11.5 Å². The lowest BCUT2D eigenvalue weighted by Crippen LogP contribution is -2.68. The van der Waals surface area contributed by atoms with Gasteiger partial charge in [0.05, 0.1) is 22.3 Å². The molecule has 2 heterocycles. The van der Waals surface area contributed by atoms with Crippen molar-refractivity contribution >= 4 is 42.8 Å². The first-order valence-corrected chi connectivity index (χ1v) is 13.1. The van der Waals surface area contributed by atoms with E-state index in [1.54, 1.807) is 12.1 Å². The highest BCUT2D eigenvalue weighted by molar-refractivity contribution is 6.93. The van der Waals surface area contributed by atoms with Crippen molar-refractivity contribution in [1.82, 2.24) is 0 Å². The second-order valence-electron chi connectivity index (χ2n) is 8.32. The zero-order valence-corrected chi connectivity index (χ0v) is 20.0. The molecule has 4 aromatic carbocycles. The molecule has 0 bridgehead atoms. The Kier molecular flexibility index (Phi) is 5.20. The minimum Gasteiger partial charge on any atom is -0.506 e. The van der Waals surface area contributed by atoms with E-state index in [1.165, 1.54) is 24.3 Å². The number of hydrogen-bond acceptors (Lipinski definition) is 8. The lowest BCUT2D eigenvalue weighted by Gasteiger charge is -2.32. The summed E-state index contributed by atoms with van der Waals surface area (Å²) in [5.41, 5.74) is 0.522. The molecule has 4 aromatic rings. The maximum Gasteiger partial charge on any atom is 0.531 e. The quantitative estimate of drug-likeness (QED) is 0.222. The lowest BCUT2D eigenvalue weighted by molar-refractivity contribution is 0.0425. The van der Waals surface area contributed by atoms with E-state index in [4.69, 9.17) is 18.3 Å². The highest BCUT2D eigenvalue weighted by Crippen LogP contribution is 2.29. The normalized spacial score (nSPS) is 14.1. The molecule has 0 aromatic heterocycles. The van der Waals surface area contributed by atoms with E-state index in [9.17, 15) is 19.2 Å². The molecule has 0 spiro atoms. The van der Waals surface area contributed by atoms with E-state index < -0.39 is 32.4 Å². The van der Waals surface area contributed by atoms with Crippen LogP contribution in [0.3, 0.4) is 0 Å². The van der Waals surface area contributed by atoms with Gasteiger partial charge < -0.3 is 18.3 Å². The Morgan fingerprint density at radius 3 is 1.24 bits per heavy atom. The molecular formula is C28H16O8Si. The minimum atomic E-state index is -3.65. The molecule has 2 aliphatic rings. The van der Waals surface area contributed by atoms with Gasteiger partial charge in [0.15, 0.2) is 0 Å². The molecule has 0 unspecified atom stereocenters. The summed E-state index contributed by atoms with van der Waals surface area (Å²) in [6.07, 6.45) is 0. The van der Waals surface area contributed by atoms with Crippen LogP contribution in [0.2, 0.25) is 0 Å². The van der Waals surface area contributed by atoms with Crippen molar-refractivity contribution in [2.75, 3.05) is 0 Å². The molecule has 0 saturated carbocycles. The first-order chi connectivity index (χ1) is 17.9. The van der Waals surface area contributed by atoms with Crippen LogP contribution >= 0.6 is 0 Å². The zero-order chi connectivity index (χ0) is 25.6. The summed E-state index contributed by atoms with van der Waals surface area (Å²) in [6, 6.07) is 27.6. The van der Waals surface area contributed by atoms with Crippen LogP contribution in [0, 0.1) is 0 Å². The van der Waals surface area contributed by atoms with Gasteiger partial charge in [-0.2, -0.15) is 0 Å². The van der Waals surface area contributed by atoms with Gasteiger partial charge in [-0.1, -0.05) is 60.7 Å². The van der Waals surface area contributed by atoms with Gasteiger partial charge in [0.25, 0.3) is 0 Å². The number of fused-ring (bicyclic) bond motifs is 2. The second-order valence-corrected chi connectivity index (χ2v) is 11.1. The molecule has 6 rings (SSSR count). The molecule has 0 fully saturated rings. The number of ether oxygens (including phenoxy) is 2. The smallest absolute Gasteiger partial charge is 0.506 e. The molecule has 8 nitrogen and oxygen atoms in total. The molecule has 0 atom stereocenters. The molecule has 0 saturated heterocycles. The third-order valence-electron chi connectivity index (χ3n) is 6.06. The molecule has 0 N–H and O–H groups in total. The first kappa shape index (κ1) is 22.4. The summed E-state index contributed by atoms with van der Waals surface area (Å²) in [4.78, 5) is 48.3. The average molecular weight is 509 g/mol. The predicted octanol–water partition coefficient (Wildman–Crippen LogP) is 3.02. The van der Waals surface area contributed by atoms with Gasteiger partial charge >= 0.3 is 32.4 Å². The molecule has 0 radical (unpaired) electrons. The van der Waals surface area contributed by atoms with Crippen molar-refractivity contribution in [1.29, 1.82) is 0 Å². The van der Waals surface area contributed by atoms with Crippen LogP contribution in [-0.4, -0.2) is 32.4 Å². The zero-order valence-electron chi connectivity index (χ0n) is 19.0. The molecule has 0 amide bonds. The Hall–Kier alpha value is -5.02. The molecular weight excluding hydrogens is 492 g/mol. The van der Waals surface area contributed by atoms with Crippen molar-refractivity contribution in [2.45, 2.75) is 0 Å². The van der Waals surface area contributed by atoms with Gasteiger partial charge in [-0.25, -0.2) is 19.2 Å². The van der Waals surface area contributed by atoms with Gasteiger partial charge in [-0.05, 0) is 36.4 Å². The van der Waals surface area contributed by atoms with Crippen LogP contribution in [-0.2, 0) is 9.47 Å². The van der Waals surface area contributed by atoms with Crippen LogP contribution in [0.5, 0.6) is 11.5 Å². The Morgan fingerprint density at radius 2 is 0.838 bits per heavy atom. The Balaban J connectivity index is 1.52. The van der Waals surface area contributed by atoms with Crippen molar-refractivity contribution in [3.63, 3.8) is 0 Å². The molecule has 2 aliphatic heterocycles. The summed E-state index contributed by atoms with van der Waals surface area (Å²) in [5.74, 6) is -2.34. The van der Waals surface area contributed by atoms with Crippen LogP contribution in [0.15, 0.2) is 97.1 Å². The highest BCUT2D eigenvalue weighted by Gasteiger charge is 2.48.